The lowest BCUT2D eigenvalue weighted by atomic mass is 9.92. The predicted octanol–water partition coefficient (Wildman–Crippen LogP) is 4.03. The van der Waals surface area contributed by atoms with Gasteiger partial charge in [0, 0.05) is 18.5 Å². The topological polar surface area (TPSA) is 88.8 Å². The second-order valence-electron chi connectivity index (χ2n) is 8.79. The van der Waals surface area contributed by atoms with E-state index in [1.54, 1.807) is 17.8 Å². The van der Waals surface area contributed by atoms with E-state index in [1.165, 1.54) is 0 Å². The lowest BCUT2D eigenvalue weighted by molar-refractivity contribution is 0.0713. The minimum Gasteiger partial charge on any atom is -0.481 e. The first-order valence-corrected chi connectivity index (χ1v) is 11.7. The van der Waals surface area contributed by atoms with Crippen LogP contribution in [0.4, 0.5) is 0 Å². The first kappa shape index (κ1) is 22.1. The molecule has 7 heteroatoms. The highest BCUT2D eigenvalue weighted by molar-refractivity contribution is 5.93. The van der Waals surface area contributed by atoms with Crippen LogP contribution in [0.5, 0.6) is 5.88 Å². The molecule has 4 aromatic rings. The van der Waals surface area contributed by atoms with Gasteiger partial charge >= 0.3 is 0 Å². The second kappa shape index (κ2) is 9.65. The van der Waals surface area contributed by atoms with Gasteiger partial charge in [0.25, 0.3) is 5.91 Å². The normalized spacial score (nSPS) is 18.1. The number of rotatable bonds is 6. The number of amides is 1. The van der Waals surface area contributed by atoms with E-state index in [-0.39, 0.29) is 11.9 Å². The Morgan fingerprint density at radius 3 is 2.74 bits per heavy atom. The third kappa shape index (κ3) is 4.65. The average Bonchev–Trinajstić information content (AvgIpc) is 3.35. The summed E-state index contributed by atoms with van der Waals surface area (Å²) in [6.07, 6.45) is 7.29. The Balaban J connectivity index is 1.38. The number of carbonyl (C=O) groups is 1. The van der Waals surface area contributed by atoms with Gasteiger partial charge in [-0.1, -0.05) is 37.1 Å². The Hall–Kier alpha value is -3.71. The van der Waals surface area contributed by atoms with Crippen molar-refractivity contribution in [2.75, 3.05) is 7.11 Å². The monoisotopic (exact) mass is 456 g/mol. The van der Waals surface area contributed by atoms with Crippen molar-refractivity contribution in [3.05, 3.63) is 83.8 Å². The standard InChI is InChI=1S/C27H28N4O3/c1-34-26-17-20(12-13-28-26)19-10-8-18(9-11-19)15-21-16-23(30-31-14-4-6-24(21)31)27(33)29-22-5-2-3-7-25(22)32/h4,6,8-14,16-17,22,25,32H,2-3,5,7,15H2,1H3,(H,29,33)/t22-,25-/m0/s1. The van der Waals surface area contributed by atoms with Gasteiger partial charge in [-0.3, -0.25) is 4.79 Å². The van der Waals surface area contributed by atoms with Crippen LogP contribution in [-0.2, 0) is 6.42 Å². The molecule has 1 aromatic carbocycles. The minimum absolute atomic E-state index is 0.216. The van der Waals surface area contributed by atoms with Crippen LogP contribution in [0.25, 0.3) is 16.6 Å². The Morgan fingerprint density at radius 2 is 1.94 bits per heavy atom. The fraction of sp³-hybridized carbons (Fsp3) is 0.296. The zero-order valence-electron chi connectivity index (χ0n) is 19.1. The number of nitrogens with one attached hydrogen (secondary N) is 1. The summed E-state index contributed by atoms with van der Waals surface area (Å²) >= 11 is 0. The number of nitrogens with zero attached hydrogens (tertiary/aromatic N) is 3. The Bertz CT molecular complexity index is 1300. The highest BCUT2D eigenvalue weighted by atomic mass is 16.5. The van der Waals surface area contributed by atoms with Crippen LogP contribution >= 0.6 is 0 Å². The number of aliphatic hydroxyl groups excluding tert-OH is 1. The maximum Gasteiger partial charge on any atom is 0.272 e. The molecule has 1 amide bonds. The number of fused-ring (bicyclic) bond motifs is 1. The summed E-state index contributed by atoms with van der Waals surface area (Å²) in [5.74, 6) is 0.338. The molecule has 3 aromatic heterocycles. The molecule has 0 spiro atoms. The van der Waals surface area contributed by atoms with Crippen LogP contribution in [0.1, 0.15) is 47.3 Å². The molecule has 0 saturated heterocycles. The molecular formula is C27H28N4O3. The van der Waals surface area contributed by atoms with Gasteiger partial charge in [0.15, 0.2) is 0 Å². The number of pyridine rings is 1. The second-order valence-corrected chi connectivity index (χ2v) is 8.79. The lowest BCUT2D eigenvalue weighted by Crippen LogP contribution is -2.45. The molecule has 1 saturated carbocycles. The molecule has 34 heavy (non-hydrogen) atoms. The smallest absolute Gasteiger partial charge is 0.272 e. The third-order valence-electron chi connectivity index (χ3n) is 6.49. The number of carbonyl (C=O) groups excluding carboxylic acids is 1. The van der Waals surface area contributed by atoms with E-state index in [1.807, 2.05) is 36.5 Å². The van der Waals surface area contributed by atoms with E-state index < -0.39 is 6.10 Å². The summed E-state index contributed by atoms with van der Waals surface area (Å²) in [6.45, 7) is 0. The molecule has 0 radical (unpaired) electrons. The first-order valence-electron chi connectivity index (χ1n) is 11.7. The van der Waals surface area contributed by atoms with Gasteiger partial charge in [0.2, 0.25) is 5.88 Å². The average molecular weight is 457 g/mol. The summed E-state index contributed by atoms with van der Waals surface area (Å²) in [4.78, 5) is 17.1. The van der Waals surface area contributed by atoms with Gasteiger partial charge in [0.1, 0.15) is 5.69 Å². The Labute approximate surface area is 198 Å². The van der Waals surface area contributed by atoms with Gasteiger partial charge in [-0.15, -0.1) is 0 Å². The fourth-order valence-electron chi connectivity index (χ4n) is 4.61. The van der Waals surface area contributed by atoms with E-state index in [2.05, 4.69) is 39.7 Å². The molecule has 3 heterocycles. The number of aliphatic hydroxyl groups is 1. The van der Waals surface area contributed by atoms with Gasteiger partial charge in [-0.2, -0.15) is 5.10 Å². The van der Waals surface area contributed by atoms with E-state index >= 15 is 0 Å². The quantitative estimate of drug-likeness (QED) is 0.457. The van der Waals surface area contributed by atoms with Crippen molar-refractivity contribution in [2.24, 2.45) is 0 Å². The molecule has 174 valence electrons. The summed E-state index contributed by atoms with van der Waals surface area (Å²) in [5.41, 5.74) is 5.60. The Kier molecular flexibility index (Phi) is 6.27. The van der Waals surface area contributed by atoms with Crippen LogP contribution < -0.4 is 10.1 Å². The number of hydrogen-bond acceptors (Lipinski definition) is 5. The van der Waals surface area contributed by atoms with Crippen LogP contribution in [0.3, 0.4) is 0 Å². The number of benzene rings is 1. The van der Waals surface area contributed by atoms with E-state index in [4.69, 9.17) is 4.74 Å². The molecule has 5 rings (SSSR count). The largest absolute Gasteiger partial charge is 0.481 e. The SMILES string of the molecule is COc1cc(-c2ccc(Cc3cc(C(=O)N[C@H]4CCCC[C@@H]4O)nn4cccc34)cc2)ccn1. The number of hydrogen-bond donors (Lipinski definition) is 2. The molecular weight excluding hydrogens is 428 g/mol. The highest BCUT2D eigenvalue weighted by Crippen LogP contribution is 2.24. The van der Waals surface area contributed by atoms with Crippen LogP contribution in [0, 0.1) is 0 Å². The van der Waals surface area contributed by atoms with Crippen molar-refractivity contribution < 1.29 is 14.6 Å². The predicted molar refractivity (Wildman–Crippen MR) is 130 cm³/mol. The first-order chi connectivity index (χ1) is 16.6. The maximum absolute atomic E-state index is 13.0. The van der Waals surface area contributed by atoms with Gasteiger partial charge < -0.3 is 15.2 Å². The van der Waals surface area contributed by atoms with Gasteiger partial charge in [-0.25, -0.2) is 9.50 Å². The van der Waals surface area contributed by atoms with Crippen molar-refractivity contribution in [3.63, 3.8) is 0 Å². The van der Waals surface area contributed by atoms with Gasteiger partial charge in [0.05, 0.1) is 24.8 Å². The highest BCUT2D eigenvalue weighted by Gasteiger charge is 2.25. The third-order valence-corrected chi connectivity index (χ3v) is 6.49. The van der Waals surface area contributed by atoms with Crippen molar-refractivity contribution in [1.82, 2.24) is 19.9 Å². The lowest BCUT2D eigenvalue weighted by Gasteiger charge is -2.28. The minimum atomic E-state index is -0.494. The maximum atomic E-state index is 13.0. The van der Waals surface area contributed by atoms with Crippen molar-refractivity contribution in [3.8, 4) is 17.0 Å². The van der Waals surface area contributed by atoms with E-state index in [0.29, 0.717) is 18.0 Å². The Morgan fingerprint density at radius 1 is 1.12 bits per heavy atom. The van der Waals surface area contributed by atoms with E-state index in [9.17, 15) is 9.90 Å². The van der Waals surface area contributed by atoms with E-state index in [0.717, 1.165) is 53.5 Å². The molecule has 2 atom stereocenters. The van der Waals surface area contributed by atoms with Crippen molar-refractivity contribution in [1.29, 1.82) is 0 Å². The molecule has 2 N–H and O–H groups in total. The van der Waals surface area contributed by atoms with Crippen LogP contribution in [-0.4, -0.2) is 44.9 Å². The van der Waals surface area contributed by atoms with Crippen molar-refractivity contribution >= 4 is 11.4 Å². The molecule has 0 aliphatic heterocycles. The van der Waals surface area contributed by atoms with Crippen LogP contribution in [0.2, 0.25) is 0 Å². The fourth-order valence-corrected chi connectivity index (χ4v) is 4.61. The zero-order chi connectivity index (χ0) is 23.5. The van der Waals surface area contributed by atoms with Gasteiger partial charge in [-0.05, 0) is 65.8 Å². The molecule has 1 fully saturated rings. The summed E-state index contributed by atoms with van der Waals surface area (Å²) in [6, 6.07) is 17.8. The molecule has 0 unspecified atom stereocenters. The molecule has 7 nitrogen and oxygen atoms in total. The molecule has 1 aliphatic carbocycles. The number of aromatic nitrogens is 3. The molecule has 1 aliphatic rings. The summed E-state index contributed by atoms with van der Waals surface area (Å²) in [5, 5.41) is 17.7. The summed E-state index contributed by atoms with van der Waals surface area (Å²) < 4.78 is 6.98. The van der Waals surface area contributed by atoms with Crippen molar-refractivity contribution in [2.45, 2.75) is 44.2 Å². The number of ether oxygens (including phenoxy) is 1. The van der Waals surface area contributed by atoms with Crippen LogP contribution in [0.15, 0.2) is 67.0 Å². The molecule has 0 bridgehead atoms. The number of methoxy groups -OCH3 is 1. The summed E-state index contributed by atoms with van der Waals surface area (Å²) in [7, 11) is 1.61. The zero-order valence-corrected chi connectivity index (χ0v) is 19.1.